The number of amides is 2. The van der Waals surface area contributed by atoms with Gasteiger partial charge in [-0.1, -0.05) is 6.07 Å². The van der Waals surface area contributed by atoms with Crippen molar-refractivity contribution in [2.24, 2.45) is 5.92 Å². The van der Waals surface area contributed by atoms with Gasteiger partial charge >= 0.3 is 6.36 Å². The Morgan fingerprint density at radius 3 is 2.59 bits per heavy atom. The van der Waals surface area contributed by atoms with E-state index in [1.807, 2.05) is 0 Å². The number of hydrogen-bond acceptors (Lipinski definition) is 4. The van der Waals surface area contributed by atoms with Crippen LogP contribution in [0.3, 0.4) is 0 Å². The van der Waals surface area contributed by atoms with E-state index in [2.05, 4.69) is 15.4 Å². The van der Waals surface area contributed by atoms with Crippen molar-refractivity contribution in [3.8, 4) is 5.75 Å². The topological polar surface area (TPSA) is 70.7 Å². The maximum absolute atomic E-state index is 12.6. The maximum Gasteiger partial charge on any atom is 0.573 e. The van der Waals surface area contributed by atoms with E-state index >= 15 is 0 Å². The van der Waals surface area contributed by atoms with Gasteiger partial charge in [0.05, 0.1) is 0 Å². The second kappa shape index (κ2) is 8.79. The Balaban J connectivity index is 0.00000261. The van der Waals surface area contributed by atoms with E-state index in [-0.39, 0.29) is 35.9 Å². The van der Waals surface area contributed by atoms with Gasteiger partial charge in [-0.3, -0.25) is 9.59 Å². The first kappa shape index (κ1) is 21.3. The van der Waals surface area contributed by atoms with Crippen LogP contribution in [0.1, 0.15) is 19.3 Å². The standard InChI is InChI=1S/C17H20F3N3O3.ClH/c18-17(19,20)26-13-3-1-2-12(10-13)23-9-6-14(16(23)25)22-15(24)11-4-7-21-8-5-11;/h1-3,10-11,14,21H,4-9H2,(H,22,24);1H. The molecule has 2 aliphatic heterocycles. The summed E-state index contributed by atoms with van der Waals surface area (Å²) in [5, 5.41) is 5.96. The van der Waals surface area contributed by atoms with Crippen LogP contribution in [0.2, 0.25) is 0 Å². The third kappa shape index (κ3) is 5.49. The van der Waals surface area contributed by atoms with Gasteiger partial charge in [-0.15, -0.1) is 25.6 Å². The number of hydrogen-bond donors (Lipinski definition) is 2. The van der Waals surface area contributed by atoms with Crippen LogP contribution in [0.15, 0.2) is 24.3 Å². The Bertz CT molecular complexity index is 681. The third-order valence-electron chi connectivity index (χ3n) is 4.59. The first-order valence-electron chi connectivity index (χ1n) is 8.52. The van der Waals surface area contributed by atoms with Gasteiger partial charge in [0.25, 0.3) is 0 Å². The summed E-state index contributed by atoms with van der Waals surface area (Å²) >= 11 is 0. The number of anilines is 1. The van der Waals surface area contributed by atoms with Crippen molar-refractivity contribution in [1.82, 2.24) is 10.6 Å². The Morgan fingerprint density at radius 2 is 1.93 bits per heavy atom. The smallest absolute Gasteiger partial charge is 0.406 e. The molecule has 1 aromatic rings. The van der Waals surface area contributed by atoms with E-state index in [4.69, 9.17) is 0 Å². The summed E-state index contributed by atoms with van der Waals surface area (Å²) in [5.74, 6) is -0.955. The molecule has 2 aliphatic rings. The molecule has 2 heterocycles. The maximum atomic E-state index is 12.6. The number of piperidine rings is 1. The molecule has 2 N–H and O–H groups in total. The molecule has 2 amide bonds. The van der Waals surface area contributed by atoms with E-state index in [0.717, 1.165) is 25.9 Å². The zero-order chi connectivity index (χ0) is 18.7. The molecule has 6 nitrogen and oxygen atoms in total. The van der Waals surface area contributed by atoms with Crippen molar-refractivity contribution in [2.75, 3.05) is 24.5 Å². The number of carbonyl (C=O) groups excluding carboxylic acids is 2. The van der Waals surface area contributed by atoms with Crippen LogP contribution >= 0.6 is 12.4 Å². The van der Waals surface area contributed by atoms with Gasteiger partial charge in [-0.25, -0.2) is 0 Å². The van der Waals surface area contributed by atoms with E-state index in [9.17, 15) is 22.8 Å². The lowest BCUT2D eigenvalue weighted by Crippen LogP contribution is -2.46. The molecule has 27 heavy (non-hydrogen) atoms. The molecule has 0 spiro atoms. The number of ether oxygens (including phenoxy) is 1. The van der Waals surface area contributed by atoms with Crippen molar-refractivity contribution in [3.63, 3.8) is 0 Å². The fourth-order valence-electron chi connectivity index (χ4n) is 3.29. The number of benzene rings is 1. The Kier molecular flexibility index (Phi) is 6.94. The minimum atomic E-state index is -4.79. The summed E-state index contributed by atoms with van der Waals surface area (Å²) in [6.07, 6.45) is -2.92. The van der Waals surface area contributed by atoms with Crippen LogP contribution in [0.5, 0.6) is 5.75 Å². The second-order valence-corrected chi connectivity index (χ2v) is 6.41. The van der Waals surface area contributed by atoms with Crippen LogP contribution < -0.4 is 20.3 Å². The lowest BCUT2D eigenvalue weighted by Gasteiger charge is -2.23. The second-order valence-electron chi connectivity index (χ2n) is 6.41. The largest absolute Gasteiger partial charge is 0.573 e. The van der Waals surface area contributed by atoms with E-state index < -0.39 is 12.4 Å². The Labute approximate surface area is 160 Å². The summed E-state index contributed by atoms with van der Waals surface area (Å²) < 4.78 is 41.0. The van der Waals surface area contributed by atoms with E-state index in [0.29, 0.717) is 18.7 Å². The monoisotopic (exact) mass is 407 g/mol. The minimum Gasteiger partial charge on any atom is -0.406 e. The lowest BCUT2D eigenvalue weighted by molar-refractivity contribution is -0.274. The number of alkyl halides is 3. The average molecular weight is 408 g/mol. The van der Waals surface area contributed by atoms with E-state index in [1.54, 1.807) is 0 Å². The molecular formula is C17H21ClF3N3O3. The van der Waals surface area contributed by atoms with Gasteiger partial charge in [0.1, 0.15) is 11.8 Å². The van der Waals surface area contributed by atoms with Crippen molar-refractivity contribution < 1.29 is 27.5 Å². The summed E-state index contributed by atoms with van der Waals surface area (Å²) in [7, 11) is 0. The molecule has 0 aromatic heterocycles. The highest BCUT2D eigenvalue weighted by Gasteiger charge is 2.36. The molecule has 3 rings (SSSR count). The number of nitrogens with zero attached hydrogens (tertiary/aromatic N) is 1. The van der Waals surface area contributed by atoms with Gasteiger partial charge in [0.2, 0.25) is 11.8 Å². The number of halogens is 4. The summed E-state index contributed by atoms with van der Waals surface area (Å²) in [6.45, 7) is 1.87. The zero-order valence-electron chi connectivity index (χ0n) is 14.4. The van der Waals surface area contributed by atoms with Crippen molar-refractivity contribution >= 4 is 29.9 Å². The van der Waals surface area contributed by atoms with Gasteiger partial charge in [0.15, 0.2) is 0 Å². The molecule has 1 aromatic carbocycles. The Morgan fingerprint density at radius 1 is 1.22 bits per heavy atom. The molecule has 1 atom stereocenters. The summed E-state index contributed by atoms with van der Waals surface area (Å²) in [6, 6.07) is 4.63. The lowest BCUT2D eigenvalue weighted by atomic mass is 9.97. The van der Waals surface area contributed by atoms with Gasteiger partial charge in [-0.05, 0) is 44.5 Å². The number of carbonyl (C=O) groups is 2. The molecule has 2 fully saturated rings. The molecule has 2 saturated heterocycles. The molecular weight excluding hydrogens is 387 g/mol. The van der Waals surface area contributed by atoms with Crippen molar-refractivity contribution in [1.29, 1.82) is 0 Å². The highest BCUT2D eigenvalue weighted by atomic mass is 35.5. The molecule has 10 heteroatoms. The first-order chi connectivity index (χ1) is 12.3. The van der Waals surface area contributed by atoms with Crippen molar-refractivity contribution in [3.05, 3.63) is 24.3 Å². The Hall–Kier alpha value is -2.00. The highest BCUT2D eigenvalue weighted by molar-refractivity contribution is 6.01. The molecule has 0 bridgehead atoms. The van der Waals surface area contributed by atoms with Crippen LogP contribution in [0, 0.1) is 5.92 Å². The minimum absolute atomic E-state index is 0. The van der Waals surface area contributed by atoms with Crippen LogP contribution in [-0.2, 0) is 9.59 Å². The number of nitrogens with one attached hydrogen (secondary N) is 2. The summed E-state index contributed by atoms with van der Waals surface area (Å²) in [5.41, 5.74) is 0.315. The SMILES string of the molecule is Cl.O=C(NC1CCN(c2cccc(OC(F)(F)F)c2)C1=O)C1CCNCC1. The van der Waals surface area contributed by atoms with Crippen LogP contribution in [-0.4, -0.2) is 43.9 Å². The number of rotatable bonds is 4. The molecule has 150 valence electrons. The third-order valence-corrected chi connectivity index (χ3v) is 4.59. The van der Waals surface area contributed by atoms with Crippen LogP contribution in [0.25, 0.3) is 0 Å². The first-order valence-corrected chi connectivity index (χ1v) is 8.52. The van der Waals surface area contributed by atoms with Gasteiger partial charge < -0.3 is 20.3 Å². The van der Waals surface area contributed by atoms with Crippen molar-refractivity contribution in [2.45, 2.75) is 31.7 Å². The average Bonchev–Trinajstić information content (AvgIpc) is 2.95. The predicted molar refractivity (Wildman–Crippen MR) is 94.9 cm³/mol. The molecule has 1 unspecified atom stereocenters. The normalized spacial score (nSPS) is 20.9. The summed E-state index contributed by atoms with van der Waals surface area (Å²) in [4.78, 5) is 26.2. The van der Waals surface area contributed by atoms with Crippen LogP contribution in [0.4, 0.5) is 18.9 Å². The molecule has 0 aliphatic carbocycles. The fraction of sp³-hybridized carbons (Fsp3) is 0.529. The predicted octanol–water partition coefficient (Wildman–Crippen LogP) is 2.23. The quantitative estimate of drug-likeness (QED) is 0.803. The van der Waals surface area contributed by atoms with E-state index in [1.165, 1.54) is 29.2 Å². The van der Waals surface area contributed by atoms with Gasteiger partial charge in [0, 0.05) is 24.2 Å². The molecule has 0 radical (unpaired) electrons. The molecule has 0 saturated carbocycles. The highest BCUT2D eigenvalue weighted by Crippen LogP contribution is 2.29. The zero-order valence-corrected chi connectivity index (χ0v) is 15.2. The fourth-order valence-corrected chi connectivity index (χ4v) is 3.29. The van der Waals surface area contributed by atoms with Gasteiger partial charge in [-0.2, -0.15) is 0 Å².